The number of para-hydroxylation sites is 1. The van der Waals surface area contributed by atoms with Crippen molar-refractivity contribution in [2.75, 3.05) is 40.0 Å². The zero-order valence-electron chi connectivity index (χ0n) is 20.1. The van der Waals surface area contributed by atoms with E-state index in [1.165, 1.54) is 0 Å². The van der Waals surface area contributed by atoms with Crippen LogP contribution in [0.15, 0.2) is 54.6 Å². The number of methoxy groups -OCH3 is 1. The summed E-state index contributed by atoms with van der Waals surface area (Å²) in [5.74, 6) is 3.80. The van der Waals surface area contributed by atoms with Gasteiger partial charge in [0.2, 0.25) is 5.88 Å². The summed E-state index contributed by atoms with van der Waals surface area (Å²) in [6.45, 7) is 6.42. The van der Waals surface area contributed by atoms with Crippen LogP contribution in [0.5, 0.6) is 11.6 Å². The molecule has 0 fully saturated rings. The molecule has 0 saturated heterocycles. The van der Waals surface area contributed by atoms with E-state index in [0.717, 1.165) is 28.3 Å². The summed E-state index contributed by atoms with van der Waals surface area (Å²) < 4.78 is 18.9. The van der Waals surface area contributed by atoms with Gasteiger partial charge in [-0.05, 0) is 43.7 Å². The fraction of sp³-hybridized carbons (Fsp3) is 0.370. The third-order valence-corrected chi connectivity index (χ3v) is 5.30. The Hall–Kier alpha value is -3.15. The molecule has 0 aliphatic rings. The molecule has 180 valence electrons. The topological polar surface area (TPSA) is 69.0 Å². The Bertz CT molecular complexity index is 1080. The van der Waals surface area contributed by atoms with Crippen LogP contribution >= 0.6 is 0 Å². The molecule has 0 saturated carbocycles. The maximum Gasteiger partial charge on any atom is 0.227 e. The highest BCUT2D eigenvalue weighted by atomic mass is 16.5. The van der Waals surface area contributed by atoms with Crippen LogP contribution in [0.1, 0.15) is 16.8 Å². The smallest absolute Gasteiger partial charge is 0.227 e. The number of aryl methyl sites for hydroxylation is 2. The number of benzene rings is 2. The first-order chi connectivity index (χ1) is 16.5. The monoisotopic (exact) mass is 463 g/mol. The molecule has 0 bridgehead atoms. The van der Waals surface area contributed by atoms with Gasteiger partial charge in [-0.1, -0.05) is 36.3 Å². The first-order valence-electron chi connectivity index (χ1n) is 11.3. The summed E-state index contributed by atoms with van der Waals surface area (Å²) in [6, 6.07) is 17.8. The molecule has 2 aromatic carbocycles. The van der Waals surface area contributed by atoms with Gasteiger partial charge in [-0.2, -0.15) is 5.10 Å². The minimum Gasteiger partial charge on any atom is -0.439 e. The lowest BCUT2D eigenvalue weighted by atomic mass is 10.2. The van der Waals surface area contributed by atoms with Crippen molar-refractivity contribution in [3.63, 3.8) is 0 Å². The third-order valence-electron chi connectivity index (χ3n) is 5.30. The largest absolute Gasteiger partial charge is 0.439 e. The van der Waals surface area contributed by atoms with E-state index in [9.17, 15) is 5.11 Å². The Labute approximate surface area is 201 Å². The molecule has 34 heavy (non-hydrogen) atoms. The lowest BCUT2D eigenvalue weighted by Gasteiger charge is -2.25. The van der Waals surface area contributed by atoms with E-state index >= 15 is 0 Å². The van der Waals surface area contributed by atoms with Crippen molar-refractivity contribution < 1.29 is 19.3 Å². The van der Waals surface area contributed by atoms with E-state index in [0.29, 0.717) is 32.1 Å². The number of nitrogens with zero attached hydrogens (tertiary/aromatic N) is 3. The van der Waals surface area contributed by atoms with Crippen molar-refractivity contribution in [3.8, 4) is 29.7 Å². The van der Waals surface area contributed by atoms with E-state index in [-0.39, 0.29) is 13.2 Å². The van der Waals surface area contributed by atoms with Crippen LogP contribution in [0, 0.1) is 26.2 Å². The van der Waals surface area contributed by atoms with Gasteiger partial charge in [-0.3, -0.25) is 4.90 Å². The normalized spacial score (nSPS) is 12.0. The number of aromatic nitrogens is 2. The van der Waals surface area contributed by atoms with Crippen molar-refractivity contribution in [3.05, 3.63) is 71.4 Å². The minimum atomic E-state index is -0.684. The Morgan fingerprint density at radius 2 is 1.94 bits per heavy atom. The molecular weight excluding hydrogens is 430 g/mol. The van der Waals surface area contributed by atoms with E-state index in [4.69, 9.17) is 25.7 Å². The van der Waals surface area contributed by atoms with Gasteiger partial charge < -0.3 is 19.3 Å². The molecule has 0 radical (unpaired) electrons. The van der Waals surface area contributed by atoms with E-state index in [2.05, 4.69) is 10.8 Å². The van der Waals surface area contributed by atoms with Crippen LogP contribution in [0.25, 0.3) is 5.69 Å². The summed E-state index contributed by atoms with van der Waals surface area (Å²) in [6.07, 6.45) is 4.55. The summed E-state index contributed by atoms with van der Waals surface area (Å²) in [5.41, 5.74) is 3.81. The van der Waals surface area contributed by atoms with Gasteiger partial charge >= 0.3 is 0 Å². The fourth-order valence-electron chi connectivity index (χ4n) is 3.64. The van der Waals surface area contributed by atoms with E-state index in [1.54, 1.807) is 7.11 Å². The summed E-state index contributed by atoms with van der Waals surface area (Å²) >= 11 is 0. The summed E-state index contributed by atoms with van der Waals surface area (Å²) in [4.78, 5) is 2.11. The predicted octanol–water partition coefficient (Wildman–Crippen LogP) is 3.74. The number of aliphatic hydroxyl groups is 1. The third kappa shape index (κ3) is 7.17. The molecule has 1 N–H and O–H groups in total. The van der Waals surface area contributed by atoms with Crippen molar-refractivity contribution >= 4 is 0 Å². The van der Waals surface area contributed by atoms with Gasteiger partial charge in [0.05, 0.1) is 36.3 Å². The summed E-state index contributed by atoms with van der Waals surface area (Å²) in [7, 11) is 1.66. The Kier molecular flexibility index (Phi) is 9.68. The first-order valence-corrected chi connectivity index (χ1v) is 11.3. The lowest BCUT2D eigenvalue weighted by molar-refractivity contribution is 0.0206. The molecule has 0 unspecified atom stereocenters. The quantitative estimate of drug-likeness (QED) is 0.308. The standard InChI is InChI=1S/C27H33N3O4/c1-5-15-33-20-24(31)18-29(14-16-32-4)19-26-22(3)28-30(23-11-7-6-8-12-23)27(26)34-25-13-9-10-21(2)17-25/h1,6-13,17,24,31H,14-16,18-20H2,2-4H3/t24-/m0/s1. The van der Waals surface area contributed by atoms with E-state index < -0.39 is 6.10 Å². The first kappa shape index (κ1) is 25.5. The number of rotatable bonds is 13. The second-order valence-corrected chi connectivity index (χ2v) is 8.14. The maximum atomic E-state index is 10.5. The fourth-order valence-corrected chi connectivity index (χ4v) is 3.64. The highest BCUT2D eigenvalue weighted by Crippen LogP contribution is 2.32. The van der Waals surface area contributed by atoms with Crippen molar-refractivity contribution in [2.24, 2.45) is 0 Å². The van der Waals surface area contributed by atoms with Crippen LogP contribution < -0.4 is 4.74 Å². The van der Waals surface area contributed by atoms with Crippen LogP contribution in [0.4, 0.5) is 0 Å². The van der Waals surface area contributed by atoms with Gasteiger partial charge in [-0.15, -0.1) is 6.42 Å². The molecule has 1 atom stereocenters. The molecule has 0 amide bonds. The highest BCUT2D eigenvalue weighted by molar-refractivity contribution is 5.43. The molecule has 0 aliphatic carbocycles. The van der Waals surface area contributed by atoms with Crippen molar-refractivity contribution in [1.29, 1.82) is 0 Å². The molecule has 7 nitrogen and oxygen atoms in total. The molecule has 1 heterocycles. The zero-order valence-corrected chi connectivity index (χ0v) is 20.1. The average Bonchev–Trinajstić information content (AvgIpc) is 3.13. The van der Waals surface area contributed by atoms with Crippen LogP contribution in [-0.2, 0) is 16.0 Å². The van der Waals surface area contributed by atoms with Crippen LogP contribution in [-0.4, -0.2) is 65.9 Å². The predicted molar refractivity (Wildman–Crippen MR) is 132 cm³/mol. The molecule has 3 rings (SSSR count). The minimum absolute atomic E-state index is 0.169. The van der Waals surface area contributed by atoms with Crippen LogP contribution in [0.3, 0.4) is 0 Å². The SMILES string of the molecule is C#CCOC[C@@H](O)CN(CCOC)Cc1c(C)nn(-c2ccccc2)c1Oc1cccc(C)c1. The molecule has 7 heteroatoms. The maximum absolute atomic E-state index is 10.5. The lowest BCUT2D eigenvalue weighted by Crippen LogP contribution is -2.36. The Morgan fingerprint density at radius 1 is 1.15 bits per heavy atom. The van der Waals surface area contributed by atoms with Crippen molar-refractivity contribution in [2.45, 2.75) is 26.5 Å². The molecule has 1 aromatic heterocycles. The molecular formula is C27H33N3O4. The molecule has 0 spiro atoms. The number of aliphatic hydroxyl groups excluding tert-OH is 1. The van der Waals surface area contributed by atoms with Gasteiger partial charge in [0, 0.05) is 26.7 Å². The van der Waals surface area contributed by atoms with Crippen molar-refractivity contribution in [1.82, 2.24) is 14.7 Å². The molecule has 3 aromatic rings. The van der Waals surface area contributed by atoms with Gasteiger partial charge in [-0.25, -0.2) is 4.68 Å². The average molecular weight is 464 g/mol. The Balaban J connectivity index is 1.92. The van der Waals surface area contributed by atoms with Gasteiger partial charge in [0.25, 0.3) is 0 Å². The number of ether oxygens (including phenoxy) is 3. The zero-order chi connectivity index (χ0) is 24.3. The molecule has 0 aliphatic heterocycles. The van der Waals surface area contributed by atoms with Crippen LogP contribution in [0.2, 0.25) is 0 Å². The second-order valence-electron chi connectivity index (χ2n) is 8.14. The number of terminal acetylenes is 1. The van der Waals surface area contributed by atoms with E-state index in [1.807, 2.05) is 73.1 Å². The second kappa shape index (κ2) is 12.9. The van der Waals surface area contributed by atoms with Gasteiger partial charge in [0.1, 0.15) is 12.4 Å². The highest BCUT2D eigenvalue weighted by Gasteiger charge is 2.22. The Morgan fingerprint density at radius 3 is 2.65 bits per heavy atom. The number of hydrogen-bond donors (Lipinski definition) is 1. The number of hydrogen-bond acceptors (Lipinski definition) is 6. The van der Waals surface area contributed by atoms with Gasteiger partial charge in [0.15, 0.2) is 0 Å². The summed E-state index contributed by atoms with van der Waals surface area (Å²) in [5, 5.41) is 15.3.